The first kappa shape index (κ1) is 24.8. The Kier molecular flexibility index (Phi) is 7.61. The predicted molar refractivity (Wildman–Crippen MR) is 142 cm³/mol. The third-order valence-corrected chi connectivity index (χ3v) is 8.27. The van der Waals surface area contributed by atoms with Crippen LogP contribution in [0.25, 0.3) is 0 Å². The van der Waals surface area contributed by atoms with Crippen LogP contribution in [0.15, 0.2) is 42.5 Å². The van der Waals surface area contributed by atoms with Crippen molar-refractivity contribution in [1.29, 1.82) is 0 Å². The fraction of sp³-hybridized carbons (Fsp3) is 0.533. The van der Waals surface area contributed by atoms with Crippen LogP contribution < -0.4 is 10.2 Å². The number of benzene rings is 2. The molecule has 6 nitrogen and oxygen atoms in total. The van der Waals surface area contributed by atoms with Gasteiger partial charge in [0.1, 0.15) is 6.17 Å². The van der Waals surface area contributed by atoms with Crippen LogP contribution >= 0.6 is 0 Å². The lowest BCUT2D eigenvalue weighted by Crippen LogP contribution is -2.52. The van der Waals surface area contributed by atoms with Gasteiger partial charge in [0, 0.05) is 30.3 Å². The molecule has 2 heterocycles. The summed E-state index contributed by atoms with van der Waals surface area (Å²) in [4.78, 5) is 30.3. The van der Waals surface area contributed by atoms with Gasteiger partial charge in [-0.15, -0.1) is 0 Å². The number of carbonyl (C=O) groups is 2. The predicted octanol–water partition coefficient (Wildman–Crippen LogP) is 4.83. The second-order valence-corrected chi connectivity index (χ2v) is 10.8. The molecule has 5 rings (SSSR count). The van der Waals surface area contributed by atoms with Gasteiger partial charge >= 0.3 is 5.97 Å². The summed E-state index contributed by atoms with van der Waals surface area (Å²) in [5.74, 6) is -0.141. The summed E-state index contributed by atoms with van der Waals surface area (Å²) in [5.41, 5.74) is 5.72. The Labute approximate surface area is 215 Å². The number of piperidine rings is 1. The van der Waals surface area contributed by atoms with Gasteiger partial charge in [0.05, 0.1) is 13.0 Å². The number of hydrogen-bond acceptors (Lipinski definition) is 5. The Morgan fingerprint density at radius 2 is 1.69 bits per heavy atom. The molecule has 6 heteroatoms. The van der Waals surface area contributed by atoms with E-state index < -0.39 is 0 Å². The maximum atomic E-state index is 13.2. The fourth-order valence-corrected chi connectivity index (χ4v) is 6.24. The van der Waals surface area contributed by atoms with Gasteiger partial charge in [0.25, 0.3) is 5.91 Å². The molecule has 0 bridgehead atoms. The first-order valence-electron chi connectivity index (χ1n) is 13.6. The van der Waals surface area contributed by atoms with Crippen LogP contribution in [-0.4, -0.2) is 49.2 Å². The van der Waals surface area contributed by atoms with Gasteiger partial charge in [0.2, 0.25) is 0 Å². The van der Waals surface area contributed by atoms with E-state index in [4.69, 9.17) is 4.74 Å². The molecule has 2 aromatic rings. The zero-order chi connectivity index (χ0) is 25.1. The number of ether oxygens (including phenoxy) is 1. The number of anilines is 1. The lowest BCUT2D eigenvalue weighted by Gasteiger charge is -2.39. The highest BCUT2D eigenvalue weighted by molar-refractivity contribution is 5.94. The Hall–Kier alpha value is -2.86. The Morgan fingerprint density at radius 1 is 0.972 bits per heavy atom. The SMILES string of the molecule is COC(=O)C1CCC(N2c3cc(CN4CCCCC4)ccc3CC2NC(=O)c2ccc(C)cc2)CC1. The molecule has 0 spiro atoms. The van der Waals surface area contributed by atoms with Crippen LogP contribution in [-0.2, 0) is 22.5 Å². The van der Waals surface area contributed by atoms with Crippen molar-refractivity contribution in [3.63, 3.8) is 0 Å². The van der Waals surface area contributed by atoms with Crippen molar-refractivity contribution in [2.24, 2.45) is 5.92 Å². The number of nitrogens with one attached hydrogen (secondary N) is 1. The van der Waals surface area contributed by atoms with Gasteiger partial charge in [-0.2, -0.15) is 0 Å². The molecule has 192 valence electrons. The quantitative estimate of drug-likeness (QED) is 0.589. The summed E-state index contributed by atoms with van der Waals surface area (Å²) in [7, 11) is 1.48. The third kappa shape index (κ3) is 5.44. The summed E-state index contributed by atoms with van der Waals surface area (Å²) in [5, 5.41) is 3.34. The minimum atomic E-state index is -0.0942. The number of likely N-dealkylation sites (tertiary alicyclic amines) is 1. The summed E-state index contributed by atoms with van der Waals surface area (Å²) < 4.78 is 5.01. The maximum Gasteiger partial charge on any atom is 0.308 e. The highest BCUT2D eigenvalue weighted by Gasteiger charge is 2.38. The molecule has 1 saturated heterocycles. The van der Waals surface area contributed by atoms with Gasteiger partial charge in [-0.3, -0.25) is 14.5 Å². The second-order valence-electron chi connectivity index (χ2n) is 10.8. The molecule has 1 aliphatic carbocycles. The number of hydrogen-bond donors (Lipinski definition) is 1. The second kappa shape index (κ2) is 11.0. The molecule has 0 aromatic heterocycles. The van der Waals surface area contributed by atoms with Gasteiger partial charge in [0.15, 0.2) is 0 Å². The fourth-order valence-electron chi connectivity index (χ4n) is 6.24. The van der Waals surface area contributed by atoms with Gasteiger partial charge in [-0.05, 0) is 87.9 Å². The largest absolute Gasteiger partial charge is 0.469 e. The number of fused-ring (bicyclic) bond motifs is 1. The van der Waals surface area contributed by atoms with Crippen molar-refractivity contribution in [2.45, 2.75) is 77.0 Å². The van der Waals surface area contributed by atoms with Crippen molar-refractivity contribution in [3.8, 4) is 0 Å². The zero-order valence-corrected chi connectivity index (χ0v) is 21.7. The maximum absolute atomic E-state index is 13.2. The molecule has 3 aliphatic rings. The molecule has 1 saturated carbocycles. The first-order valence-corrected chi connectivity index (χ1v) is 13.6. The van der Waals surface area contributed by atoms with E-state index >= 15 is 0 Å². The van der Waals surface area contributed by atoms with Crippen molar-refractivity contribution in [3.05, 3.63) is 64.7 Å². The van der Waals surface area contributed by atoms with Crippen molar-refractivity contribution >= 4 is 17.6 Å². The molecular formula is C30H39N3O3. The van der Waals surface area contributed by atoms with Crippen LogP contribution in [0.4, 0.5) is 5.69 Å². The van der Waals surface area contributed by atoms with E-state index in [1.54, 1.807) is 0 Å². The molecule has 2 aliphatic heterocycles. The summed E-state index contributed by atoms with van der Waals surface area (Å²) >= 11 is 0. The van der Waals surface area contributed by atoms with Crippen LogP contribution in [0.2, 0.25) is 0 Å². The van der Waals surface area contributed by atoms with Crippen molar-refractivity contribution in [1.82, 2.24) is 10.2 Å². The molecular weight excluding hydrogens is 450 g/mol. The van der Waals surface area contributed by atoms with E-state index in [0.717, 1.165) is 44.2 Å². The topological polar surface area (TPSA) is 61.9 Å². The average Bonchev–Trinajstić information content (AvgIpc) is 3.26. The Morgan fingerprint density at radius 3 is 2.39 bits per heavy atom. The molecule has 2 aromatic carbocycles. The lowest BCUT2D eigenvalue weighted by molar-refractivity contribution is -0.146. The molecule has 1 N–H and O–H groups in total. The van der Waals surface area contributed by atoms with Gasteiger partial charge in [-0.25, -0.2) is 0 Å². The number of aryl methyl sites for hydroxylation is 1. The average molecular weight is 490 g/mol. The van der Waals surface area contributed by atoms with E-state index in [1.165, 1.54) is 56.3 Å². The van der Waals surface area contributed by atoms with Crippen molar-refractivity contribution in [2.75, 3.05) is 25.1 Å². The van der Waals surface area contributed by atoms with E-state index in [0.29, 0.717) is 11.6 Å². The van der Waals surface area contributed by atoms with E-state index in [-0.39, 0.29) is 24.0 Å². The molecule has 1 unspecified atom stereocenters. The van der Waals surface area contributed by atoms with Crippen molar-refractivity contribution < 1.29 is 14.3 Å². The normalized spacial score (nSPS) is 24.3. The third-order valence-electron chi connectivity index (χ3n) is 8.27. The number of rotatable bonds is 6. The van der Waals surface area contributed by atoms with E-state index in [9.17, 15) is 9.59 Å². The van der Waals surface area contributed by atoms with E-state index in [1.807, 2.05) is 31.2 Å². The highest BCUT2D eigenvalue weighted by atomic mass is 16.5. The number of methoxy groups -OCH3 is 1. The lowest BCUT2D eigenvalue weighted by atomic mass is 9.85. The smallest absolute Gasteiger partial charge is 0.308 e. The van der Waals surface area contributed by atoms with Crippen LogP contribution in [0.1, 0.15) is 72.0 Å². The highest BCUT2D eigenvalue weighted by Crippen LogP contribution is 2.39. The Balaban J connectivity index is 1.37. The standard InChI is InChI=1S/C30H39N3O3/c1-21-6-9-23(10-7-21)29(34)31-28-19-25-11-8-22(20-32-16-4-3-5-17-32)18-27(25)33(28)26-14-12-24(13-15-26)30(35)36-2/h6-11,18,24,26,28H,3-5,12-17,19-20H2,1-2H3,(H,31,34). The minimum Gasteiger partial charge on any atom is -0.469 e. The van der Waals surface area contributed by atoms with Crippen LogP contribution in [0, 0.1) is 12.8 Å². The number of carbonyl (C=O) groups excluding carboxylic acids is 2. The summed E-state index contributed by atoms with van der Waals surface area (Å²) in [6.07, 6.45) is 8.13. The molecule has 1 atom stereocenters. The van der Waals surface area contributed by atoms with Crippen LogP contribution in [0.3, 0.4) is 0 Å². The number of nitrogens with zero attached hydrogens (tertiary/aromatic N) is 2. The summed E-state index contributed by atoms with van der Waals surface area (Å²) in [6.45, 7) is 5.36. The zero-order valence-electron chi connectivity index (χ0n) is 21.7. The summed E-state index contributed by atoms with van der Waals surface area (Å²) in [6, 6.07) is 14.9. The monoisotopic (exact) mass is 489 g/mol. The number of amides is 1. The van der Waals surface area contributed by atoms with Gasteiger partial charge in [-0.1, -0.05) is 36.2 Å². The molecule has 2 fully saturated rings. The molecule has 0 radical (unpaired) electrons. The minimum absolute atomic E-state index is 0.0145. The Bertz CT molecular complexity index is 1070. The molecule has 36 heavy (non-hydrogen) atoms. The van der Waals surface area contributed by atoms with Gasteiger partial charge < -0.3 is 15.0 Å². The first-order chi connectivity index (χ1) is 17.5. The molecule has 1 amide bonds. The number of esters is 1. The van der Waals surface area contributed by atoms with E-state index in [2.05, 4.69) is 33.3 Å². The van der Waals surface area contributed by atoms with Crippen LogP contribution in [0.5, 0.6) is 0 Å².